The highest BCUT2D eigenvalue weighted by Crippen LogP contribution is 2.16. The lowest BCUT2D eigenvalue weighted by atomic mass is 10.5. The minimum absolute atomic E-state index is 0.701. The van der Waals surface area contributed by atoms with Gasteiger partial charge in [0.1, 0.15) is 0 Å². The third-order valence-corrected chi connectivity index (χ3v) is 3.63. The van der Waals surface area contributed by atoms with E-state index in [1.807, 2.05) is 18.8 Å². The lowest BCUT2D eigenvalue weighted by molar-refractivity contribution is -0.418. The molecule has 2 N–H and O–H groups in total. The predicted octanol–water partition coefficient (Wildman–Crippen LogP) is -0.847. The van der Waals surface area contributed by atoms with Crippen molar-refractivity contribution in [3.8, 4) is 0 Å². The lowest BCUT2D eigenvalue weighted by Gasteiger charge is -1.92. The van der Waals surface area contributed by atoms with Gasteiger partial charge in [-0.2, -0.15) is 0 Å². The van der Waals surface area contributed by atoms with Crippen LogP contribution in [0.2, 0.25) is 0 Å². The van der Waals surface area contributed by atoms with Gasteiger partial charge in [-0.3, -0.25) is 10.3 Å². The Kier molecular flexibility index (Phi) is 2.85. The molecule has 2 nitrogen and oxygen atoms in total. The largest absolute Gasteiger partial charge is 0.304 e. The van der Waals surface area contributed by atoms with E-state index in [0.717, 1.165) is 11.9 Å². The van der Waals surface area contributed by atoms with Crippen molar-refractivity contribution < 1.29 is 4.99 Å². The highest BCUT2D eigenvalue weighted by Gasteiger charge is 2.24. The van der Waals surface area contributed by atoms with E-state index in [1.165, 1.54) is 5.17 Å². The zero-order valence-electron chi connectivity index (χ0n) is 5.28. The van der Waals surface area contributed by atoms with Crippen molar-refractivity contribution in [1.29, 1.82) is 0 Å². The van der Waals surface area contributed by atoms with Gasteiger partial charge in [-0.25, -0.2) is 0 Å². The molecule has 0 aromatic heterocycles. The summed E-state index contributed by atoms with van der Waals surface area (Å²) in [4.78, 5) is 3.08. The number of hydrogen-bond acceptors (Lipinski definition) is 1. The molecule has 0 spiro atoms. The van der Waals surface area contributed by atoms with Gasteiger partial charge in [0.15, 0.2) is 0 Å². The first-order valence-corrected chi connectivity index (χ1v) is 4.88. The number of halogens is 1. The van der Waals surface area contributed by atoms with Crippen LogP contribution < -0.4 is 10.3 Å². The Balaban J connectivity index is 2.38. The summed E-state index contributed by atoms with van der Waals surface area (Å²) in [7, 11) is 1.94. The van der Waals surface area contributed by atoms with Crippen LogP contribution in [-0.2, 0) is 0 Å². The quantitative estimate of drug-likeness (QED) is 0.551. The third-order valence-electron chi connectivity index (χ3n) is 1.17. The van der Waals surface area contributed by atoms with Crippen LogP contribution in [0, 0.1) is 0 Å². The molecule has 1 heterocycles. The van der Waals surface area contributed by atoms with Gasteiger partial charge in [0.2, 0.25) is 0 Å². The first kappa shape index (κ1) is 7.41. The van der Waals surface area contributed by atoms with E-state index >= 15 is 0 Å². The van der Waals surface area contributed by atoms with E-state index in [4.69, 9.17) is 0 Å². The van der Waals surface area contributed by atoms with Crippen molar-refractivity contribution in [2.24, 2.45) is 0 Å². The third kappa shape index (κ3) is 1.86. The second-order valence-corrected chi connectivity index (χ2v) is 3.81. The number of amidine groups is 1. The number of hydrogen-bond donors (Lipinski definition) is 2. The Labute approximate surface area is 67.6 Å². The maximum atomic E-state index is 3.43. The molecular weight excluding hydrogens is 200 g/mol. The number of nitrogens with one attached hydrogen (secondary N) is 2. The van der Waals surface area contributed by atoms with E-state index in [2.05, 4.69) is 26.2 Å². The highest BCUT2D eigenvalue weighted by atomic mass is 79.9. The number of rotatable bonds is 1. The second kappa shape index (κ2) is 3.46. The molecule has 1 fully saturated rings. The first-order chi connectivity index (χ1) is 4.36. The summed E-state index contributed by atoms with van der Waals surface area (Å²) in [6.45, 7) is 1.08. The van der Waals surface area contributed by atoms with E-state index in [-0.39, 0.29) is 0 Å². The average Bonchev–Trinajstić information content (AvgIpc) is 2.34. The van der Waals surface area contributed by atoms with Crippen LogP contribution in [0.3, 0.4) is 0 Å². The van der Waals surface area contributed by atoms with Crippen molar-refractivity contribution in [2.75, 3.05) is 18.9 Å². The van der Waals surface area contributed by atoms with Crippen LogP contribution in [0.25, 0.3) is 0 Å². The Bertz CT molecular complexity index is 126. The molecule has 1 rings (SSSR count). The smallest absolute Gasteiger partial charge is 0.272 e. The van der Waals surface area contributed by atoms with Gasteiger partial charge >= 0.3 is 5.17 Å². The Morgan fingerprint density at radius 3 is 3.11 bits per heavy atom. The SMILES string of the molecule is C[NH+]=C1NCC(CBr)S1. The molecule has 0 saturated carbocycles. The summed E-state index contributed by atoms with van der Waals surface area (Å²) in [5.74, 6) is 0. The Hall–Kier alpha value is 0.300. The maximum Gasteiger partial charge on any atom is 0.304 e. The topological polar surface area (TPSA) is 26.0 Å². The summed E-state index contributed by atoms with van der Waals surface area (Å²) in [5, 5.41) is 6.21. The van der Waals surface area contributed by atoms with Crippen LogP contribution >= 0.6 is 27.7 Å². The average molecular weight is 210 g/mol. The van der Waals surface area contributed by atoms with Gasteiger partial charge in [0.05, 0.1) is 18.8 Å². The van der Waals surface area contributed by atoms with Crippen molar-refractivity contribution in [3.05, 3.63) is 0 Å². The fourth-order valence-electron chi connectivity index (χ4n) is 0.690. The molecule has 1 aliphatic heterocycles. The predicted molar refractivity (Wildman–Crippen MR) is 45.1 cm³/mol. The Morgan fingerprint density at radius 1 is 2.00 bits per heavy atom. The molecule has 9 heavy (non-hydrogen) atoms. The van der Waals surface area contributed by atoms with Crippen molar-refractivity contribution in [2.45, 2.75) is 5.25 Å². The molecule has 1 unspecified atom stereocenters. The van der Waals surface area contributed by atoms with Crippen molar-refractivity contribution in [3.63, 3.8) is 0 Å². The zero-order valence-corrected chi connectivity index (χ0v) is 7.68. The molecule has 1 atom stereocenters. The fraction of sp³-hybridized carbons (Fsp3) is 0.800. The molecule has 0 radical (unpaired) electrons. The minimum Gasteiger partial charge on any atom is -0.272 e. The summed E-state index contributed by atoms with van der Waals surface area (Å²) in [6, 6.07) is 0. The molecule has 0 aliphatic carbocycles. The fourth-order valence-corrected chi connectivity index (χ4v) is 2.16. The standard InChI is InChI=1S/C5H9BrN2S/c1-7-5-8-3-4(2-6)9-5/h4H,2-3H2,1H3,(H,7,8)/p+1. The maximum absolute atomic E-state index is 3.43. The summed E-state index contributed by atoms with van der Waals surface area (Å²) in [5.41, 5.74) is 0. The molecule has 52 valence electrons. The number of alkyl halides is 1. The molecular formula is C5H10BrN2S+. The Morgan fingerprint density at radius 2 is 2.78 bits per heavy atom. The van der Waals surface area contributed by atoms with Gasteiger partial charge in [0.25, 0.3) is 0 Å². The minimum atomic E-state index is 0.701. The van der Waals surface area contributed by atoms with Crippen LogP contribution in [0.4, 0.5) is 0 Å². The zero-order chi connectivity index (χ0) is 6.69. The summed E-state index contributed by atoms with van der Waals surface area (Å²) in [6.07, 6.45) is 0. The number of thioether (sulfide) groups is 1. The summed E-state index contributed by atoms with van der Waals surface area (Å²) < 4.78 is 0. The normalized spacial score (nSPS) is 30.9. The molecule has 0 amide bonds. The first-order valence-electron chi connectivity index (χ1n) is 2.88. The van der Waals surface area contributed by atoms with E-state index in [0.29, 0.717) is 5.25 Å². The second-order valence-electron chi connectivity index (χ2n) is 1.85. The van der Waals surface area contributed by atoms with Crippen LogP contribution in [-0.4, -0.2) is 29.3 Å². The van der Waals surface area contributed by atoms with E-state index in [1.54, 1.807) is 0 Å². The molecule has 0 bridgehead atoms. The van der Waals surface area contributed by atoms with E-state index in [9.17, 15) is 0 Å². The molecule has 1 saturated heterocycles. The van der Waals surface area contributed by atoms with Gasteiger partial charge < -0.3 is 0 Å². The molecule has 4 heteroatoms. The van der Waals surface area contributed by atoms with Crippen LogP contribution in [0.15, 0.2) is 0 Å². The van der Waals surface area contributed by atoms with E-state index < -0.39 is 0 Å². The monoisotopic (exact) mass is 209 g/mol. The van der Waals surface area contributed by atoms with Gasteiger partial charge in [0, 0.05) is 5.33 Å². The van der Waals surface area contributed by atoms with Crippen molar-refractivity contribution >= 4 is 32.9 Å². The van der Waals surface area contributed by atoms with Crippen LogP contribution in [0.1, 0.15) is 0 Å². The molecule has 0 aromatic rings. The molecule has 0 aromatic carbocycles. The molecule has 1 aliphatic rings. The van der Waals surface area contributed by atoms with Crippen LogP contribution in [0.5, 0.6) is 0 Å². The summed E-state index contributed by atoms with van der Waals surface area (Å²) >= 11 is 5.29. The van der Waals surface area contributed by atoms with Gasteiger partial charge in [-0.15, -0.1) is 0 Å². The van der Waals surface area contributed by atoms with Gasteiger partial charge in [-0.05, 0) is 11.8 Å². The van der Waals surface area contributed by atoms with Gasteiger partial charge in [-0.1, -0.05) is 15.9 Å². The van der Waals surface area contributed by atoms with Crippen molar-refractivity contribution in [1.82, 2.24) is 5.32 Å². The lowest BCUT2D eigenvalue weighted by Crippen LogP contribution is -2.69. The highest BCUT2D eigenvalue weighted by molar-refractivity contribution is 9.09.